The van der Waals surface area contributed by atoms with Gasteiger partial charge in [-0.05, 0) is 24.2 Å². The van der Waals surface area contributed by atoms with Crippen molar-refractivity contribution in [2.75, 3.05) is 0 Å². The Bertz CT molecular complexity index is 392. The molecule has 20 heavy (non-hydrogen) atoms. The van der Waals surface area contributed by atoms with E-state index in [-0.39, 0.29) is 35.2 Å². The number of hydrogen-bond donors (Lipinski definition) is 1. The molecule has 2 rings (SSSR count). The second kappa shape index (κ2) is 5.38. The van der Waals surface area contributed by atoms with Crippen molar-refractivity contribution in [3.05, 3.63) is 0 Å². The summed E-state index contributed by atoms with van der Waals surface area (Å²) < 4.78 is 0. The molecule has 2 unspecified atom stereocenters. The van der Waals surface area contributed by atoms with Gasteiger partial charge in [0.15, 0.2) is 0 Å². The summed E-state index contributed by atoms with van der Waals surface area (Å²) in [5.74, 6) is 0.287. The lowest BCUT2D eigenvalue weighted by Crippen LogP contribution is -2.69. The van der Waals surface area contributed by atoms with Crippen molar-refractivity contribution in [1.29, 1.82) is 0 Å². The molecular formula is C16H28N2O2. The maximum atomic E-state index is 12.9. The summed E-state index contributed by atoms with van der Waals surface area (Å²) in [5, 5.41) is 2.96. The number of nitrogens with zero attached hydrogens (tertiary/aromatic N) is 1. The highest BCUT2D eigenvalue weighted by molar-refractivity contribution is 5.97. The summed E-state index contributed by atoms with van der Waals surface area (Å²) in [5.41, 5.74) is -0.244. The van der Waals surface area contributed by atoms with E-state index in [2.05, 4.69) is 5.32 Å². The number of amides is 2. The lowest BCUT2D eigenvalue weighted by atomic mass is 9.82. The van der Waals surface area contributed by atoms with Crippen LogP contribution in [0.2, 0.25) is 0 Å². The van der Waals surface area contributed by atoms with Crippen molar-refractivity contribution in [3.63, 3.8) is 0 Å². The van der Waals surface area contributed by atoms with Crippen molar-refractivity contribution in [2.45, 2.75) is 78.4 Å². The lowest BCUT2D eigenvalue weighted by molar-refractivity contribution is -0.157. The van der Waals surface area contributed by atoms with E-state index in [1.54, 1.807) is 0 Å². The van der Waals surface area contributed by atoms with E-state index in [1.807, 2.05) is 39.5 Å². The number of hydrogen-bond acceptors (Lipinski definition) is 2. The number of piperazine rings is 1. The smallest absolute Gasteiger partial charge is 0.246 e. The third-order valence-corrected chi connectivity index (χ3v) is 4.57. The van der Waals surface area contributed by atoms with Crippen molar-refractivity contribution in [1.82, 2.24) is 10.2 Å². The Balaban J connectivity index is 2.33. The Kier molecular flexibility index (Phi) is 4.12. The predicted molar refractivity (Wildman–Crippen MR) is 79.1 cm³/mol. The molecule has 2 aliphatic rings. The first-order valence-corrected chi connectivity index (χ1v) is 7.86. The van der Waals surface area contributed by atoms with Gasteiger partial charge >= 0.3 is 0 Å². The largest absolute Gasteiger partial charge is 0.342 e. The van der Waals surface area contributed by atoms with Gasteiger partial charge in [0.25, 0.3) is 0 Å². The molecule has 2 amide bonds. The van der Waals surface area contributed by atoms with Gasteiger partial charge in [0.1, 0.15) is 12.1 Å². The van der Waals surface area contributed by atoms with Crippen LogP contribution in [-0.2, 0) is 9.59 Å². The molecule has 1 aliphatic heterocycles. The molecule has 1 N–H and O–H groups in total. The first-order valence-electron chi connectivity index (χ1n) is 7.86. The Hall–Kier alpha value is -1.06. The molecule has 0 aromatic carbocycles. The molecule has 1 saturated carbocycles. The molecular weight excluding hydrogens is 252 g/mol. The summed E-state index contributed by atoms with van der Waals surface area (Å²) in [6.45, 7) is 10.1. The van der Waals surface area contributed by atoms with Gasteiger partial charge in [-0.15, -0.1) is 0 Å². The molecule has 2 atom stereocenters. The van der Waals surface area contributed by atoms with E-state index < -0.39 is 6.04 Å². The van der Waals surface area contributed by atoms with Crippen molar-refractivity contribution >= 4 is 11.8 Å². The van der Waals surface area contributed by atoms with Gasteiger partial charge in [-0.2, -0.15) is 0 Å². The van der Waals surface area contributed by atoms with Crippen LogP contribution in [0.15, 0.2) is 0 Å². The van der Waals surface area contributed by atoms with Crippen LogP contribution >= 0.6 is 0 Å². The molecule has 1 saturated heterocycles. The average Bonchev–Trinajstić information content (AvgIpc) is 2.82. The summed E-state index contributed by atoms with van der Waals surface area (Å²) in [7, 11) is 0. The maximum absolute atomic E-state index is 12.9. The minimum Gasteiger partial charge on any atom is -0.342 e. The Morgan fingerprint density at radius 2 is 1.70 bits per heavy atom. The van der Waals surface area contributed by atoms with E-state index in [0.29, 0.717) is 0 Å². The Labute approximate surface area is 122 Å². The van der Waals surface area contributed by atoms with Crippen LogP contribution in [0.1, 0.15) is 60.3 Å². The van der Waals surface area contributed by atoms with Crippen LogP contribution < -0.4 is 5.32 Å². The van der Waals surface area contributed by atoms with E-state index >= 15 is 0 Å². The van der Waals surface area contributed by atoms with Crippen LogP contribution in [0.4, 0.5) is 0 Å². The van der Waals surface area contributed by atoms with Gasteiger partial charge < -0.3 is 10.2 Å². The summed E-state index contributed by atoms with van der Waals surface area (Å²) in [4.78, 5) is 27.4. The van der Waals surface area contributed by atoms with Crippen molar-refractivity contribution in [3.8, 4) is 0 Å². The van der Waals surface area contributed by atoms with E-state index in [4.69, 9.17) is 0 Å². The fourth-order valence-corrected chi connectivity index (χ4v) is 3.50. The molecule has 0 spiro atoms. The van der Waals surface area contributed by atoms with Gasteiger partial charge in [-0.1, -0.05) is 47.5 Å². The van der Waals surface area contributed by atoms with Gasteiger partial charge in [0, 0.05) is 6.04 Å². The third-order valence-electron chi connectivity index (χ3n) is 4.57. The Morgan fingerprint density at radius 1 is 1.15 bits per heavy atom. The average molecular weight is 280 g/mol. The summed E-state index contributed by atoms with van der Waals surface area (Å²) >= 11 is 0. The molecule has 4 nitrogen and oxygen atoms in total. The van der Waals surface area contributed by atoms with Crippen LogP contribution in [0.3, 0.4) is 0 Å². The van der Waals surface area contributed by atoms with Gasteiger partial charge in [-0.25, -0.2) is 0 Å². The highest BCUT2D eigenvalue weighted by atomic mass is 16.2. The van der Waals surface area contributed by atoms with Crippen molar-refractivity contribution in [2.24, 2.45) is 11.3 Å². The zero-order valence-electron chi connectivity index (χ0n) is 13.4. The van der Waals surface area contributed by atoms with Gasteiger partial charge in [0.05, 0.1) is 0 Å². The predicted octanol–water partition coefficient (Wildman–Crippen LogP) is 2.33. The van der Waals surface area contributed by atoms with Crippen LogP contribution in [0.5, 0.6) is 0 Å². The number of nitrogens with one attached hydrogen (secondary N) is 1. The highest BCUT2D eigenvalue weighted by Crippen LogP contribution is 2.33. The Morgan fingerprint density at radius 3 is 2.15 bits per heavy atom. The molecule has 0 radical (unpaired) electrons. The fraction of sp³-hybridized carbons (Fsp3) is 0.875. The standard InChI is InChI=1S/C16H28N2O2/c1-10(2)12-14(19)17-13(16(3,4)5)15(20)18(12)11-8-6-7-9-11/h10-13H,6-9H2,1-5H3,(H,17,19). The van der Waals surface area contributed by atoms with Crippen LogP contribution in [0, 0.1) is 11.3 Å². The fourth-order valence-electron chi connectivity index (χ4n) is 3.50. The lowest BCUT2D eigenvalue weighted by Gasteiger charge is -2.47. The molecule has 0 aromatic heterocycles. The molecule has 4 heteroatoms. The molecule has 114 valence electrons. The van der Waals surface area contributed by atoms with Crippen molar-refractivity contribution < 1.29 is 9.59 Å². The number of rotatable bonds is 2. The summed E-state index contributed by atoms with van der Waals surface area (Å²) in [6.07, 6.45) is 4.42. The highest BCUT2D eigenvalue weighted by Gasteiger charge is 2.48. The monoisotopic (exact) mass is 280 g/mol. The van der Waals surface area contributed by atoms with Crippen LogP contribution in [0.25, 0.3) is 0 Å². The third kappa shape index (κ3) is 2.70. The molecule has 0 aromatic rings. The topological polar surface area (TPSA) is 49.4 Å². The quantitative estimate of drug-likeness (QED) is 0.844. The molecule has 2 fully saturated rings. The van der Waals surface area contributed by atoms with E-state index in [1.165, 1.54) is 12.8 Å². The van der Waals surface area contributed by atoms with E-state index in [9.17, 15) is 9.59 Å². The maximum Gasteiger partial charge on any atom is 0.246 e. The van der Waals surface area contributed by atoms with Gasteiger partial charge in [0.2, 0.25) is 11.8 Å². The second-order valence-corrected chi connectivity index (χ2v) is 7.68. The molecule has 1 aliphatic carbocycles. The normalized spacial score (nSPS) is 29.2. The first kappa shape index (κ1) is 15.3. The number of carbonyl (C=O) groups excluding carboxylic acids is 2. The van der Waals surface area contributed by atoms with Gasteiger partial charge in [-0.3, -0.25) is 9.59 Å². The minimum atomic E-state index is -0.398. The molecule has 1 heterocycles. The summed E-state index contributed by atoms with van der Waals surface area (Å²) in [6, 6.07) is -0.444. The van der Waals surface area contributed by atoms with Crippen LogP contribution in [-0.4, -0.2) is 34.8 Å². The minimum absolute atomic E-state index is 0.0198. The molecule has 0 bridgehead atoms. The second-order valence-electron chi connectivity index (χ2n) is 7.68. The van der Waals surface area contributed by atoms with E-state index in [0.717, 1.165) is 12.8 Å². The SMILES string of the molecule is CC(C)C1C(=O)NC(C(C)(C)C)C(=O)N1C1CCCC1. The first-order chi connectivity index (χ1) is 9.23. The number of carbonyl (C=O) groups is 2. The zero-order chi connectivity index (χ0) is 15.1. The zero-order valence-corrected chi connectivity index (χ0v) is 13.4.